The number of halogens is 1. The first kappa shape index (κ1) is 14.5. The molecule has 3 nitrogen and oxygen atoms in total. The molecule has 1 fully saturated rings. The summed E-state index contributed by atoms with van der Waals surface area (Å²) in [7, 11) is 0. The topological polar surface area (TPSA) is 40.5 Å². The molecule has 1 aromatic carbocycles. The third-order valence-electron chi connectivity index (χ3n) is 3.94. The molecule has 1 aromatic rings. The summed E-state index contributed by atoms with van der Waals surface area (Å²) in [6.07, 6.45) is 1.50. The van der Waals surface area contributed by atoms with Crippen molar-refractivity contribution in [1.29, 1.82) is 0 Å². The molecule has 0 saturated carbocycles. The highest BCUT2D eigenvalue weighted by Crippen LogP contribution is 2.27. The van der Waals surface area contributed by atoms with Crippen molar-refractivity contribution in [2.75, 3.05) is 6.54 Å². The molecule has 1 aliphatic heterocycles. The van der Waals surface area contributed by atoms with Gasteiger partial charge in [0.05, 0.1) is 5.92 Å². The Balaban J connectivity index is 2.02. The maximum atomic E-state index is 11.0. The summed E-state index contributed by atoms with van der Waals surface area (Å²) in [4.78, 5) is 13.4. The van der Waals surface area contributed by atoms with Crippen LogP contribution < -0.4 is 0 Å². The number of nitrogens with zero attached hydrogens (tertiary/aromatic N) is 1. The fourth-order valence-corrected chi connectivity index (χ4v) is 3.30. The van der Waals surface area contributed by atoms with Gasteiger partial charge in [0.15, 0.2) is 0 Å². The molecule has 0 bridgehead atoms. The second kappa shape index (κ2) is 6.06. The van der Waals surface area contributed by atoms with E-state index in [0.29, 0.717) is 6.04 Å². The molecule has 1 N–H and O–H groups in total. The summed E-state index contributed by atoms with van der Waals surface area (Å²) >= 11 is 3.61. The summed E-state index contributed by atoms with van der Waals surface area (Å²) in [5.74, 6) is -0.823. The van der Waals surface area contributed by atoms with Gasteiger partial charge in [-0.05, 0) is 50.4 Å². The molecule has 4 heteroatoms. The fourth-order valence-electron chi connectivity index (χ4n) is 2.68. The van der Waals surface area contributed by atoms with E-state index in [-0.39, 0.29) is 5.92 Å². The normalized spacial score (nSPS) is 24.4. The maximum absolute atomic E-state index is 11.0. The zero-order valence-corrected chi connectivity index (χ0v) is 13.0. The summed E-state index contributed by atoms with van der Waals surface area (Å²) in [6.45, 7) is 5.94. The molecule has 19 heavy (non-hydrogen) atoms. The molecule has 104 valence electrons. The summed E-state index contributed by atoms with van der Waals surface area (Å²) in [6, 6.07) is 6.72. The number of likely N-dealkylation sites (tertiary alicyclic amines) is 1. The van der Waals surface area contributed by atoms with Crippen molar-refractivity contribution in [1.82, 2.24) is 4.90 Å². The van der Waals surface area contributed by atoms with E-state index in [1.54, 1.807) is 0 Å². The minimum Gasteiger partial charge on any atom is -0.481 e. The third kappa shape index (κ3) is 3.57. The Bertz CT molecular complexity index is 475. The first-order chi connectivity index (χ1) is 8.97. The van der Waals surface area contributed by atoms with Crippen LogP contribution in [0.2, 0.25) is 0 Å². The van der Waals surface area contributed by atoms with Gasteiger partial charge >= 0.3 is 5.97 Å². The van der Waals surface area contributed by atoms with Crippen LogP contribution >= 0.6 is 15.9 Å². The Hall–Kier alpha value is -0.870. The number of aryl methyl sites for hydroxylation is 1. The largest absolute Gasteiger partial charge is 0.481 e. The van der Waals surface area contributed by atoms with Crippen molar-refractivity contribution in [3.05, 3.63) is 33.8 Å². The Kier molecular flexibility index (Phi) is 4.63. The lowest BCUT2D eigenvalue weighted by molar-refractivity contribution is -0.144. The first-order valence-electron chi connectivity index (χ1n) is 6.69. The second-order valence-corrected chi connectivity index (χ2v) is 6.33. The number of carboxylic acids is 1. The lowest BCUT2D eigenvalue weighted by Gasteiger charge is -2.36. The Labute approximate surface area is 122 Å². The van der Waals surface area contributed by atoms with Crippen molar-refractivity contribution >= 4 is 21.9 Å². The highest BCUT2D eigenvalue weighted by atomic mass is 79.9. The van der Waals surface area contributed by atoms with Gasteiger partial charge in [-0.25, -0.2) is 0 Å². The Morgan fingerprint density at radius 2 is 2.26 bits per heavy atom. The number of carboxylic acid groups (broad SMARTS) is 1. The standard InChI is InChI=1S/C15H20BrNO2/c1-10-3-4-13(14(16)7-10)9-17-6-5-12(15(18)19)8-11(17)2/h3-4,7,11-12H,5-6,8-9H2,1-2H3,(H,18,19). The number of hydrogen-bond donors (Lipinski definition) is 1. The van der Waals surface area contributed by atoms with Crippen molar-refractivity contribution in [2.24, 2.45) is 5.92 Å². The molecule has 1 aliphatic rings. The first-order valence-corrected chi connectivity index (χ1v) is 7.48. The van der Waals surface area contributed by atoms with Crippen molar-refractivity contribution < 1.29 is 9.90 Å². The number of hydrogen-bond acceptors (Lipinski definition) is 2. The van der Waals surface area contributed by atoms with Crippen LogP contribution in [0.3, 0.4) is 0 Å². The van der Waals surface area contributed by atoms with Crippen molar-refractivity contribution in [2.45, 2.75) is 39.3 Å². The van der Waals surface area contributed by atoms with E-state index < -0.39 is 5.97 Å². The fraction of sp³-hybridized carbons (Fsp3) is 0.533. The molecule has 2 rings (SSSR count). The van der Waals surface area contributed by atoms with E-state index in [1.165, 1.54) is 11.1 Å². The van der Waals surface area contributed by atoms with Gasteiger partial charge < -0.3 is 5.11 Å². The van der Waals surface area contributed by atoms with Crippen LogP contribution in [0.15, 0.2) is 22.7 Å². The molecule has 1 heterocycles. The van der Waals surface area contributed by atoms with Gasteiger partial charge in [0.25, 0.3) is 0 Å². The summed E-state index contributed by atoms with van der Waals surface area (Å²) in [5.41, 5.74) is 2.51. The predicted octanol–water partition coefficient (Wildman–Crippen LogP) is 3.44. The van der Waals surface area contributed by atoms with E-state index >= 15 is 0 Å². The molecule has 0 radical (unpaired) electrons. The lowest BCUT2D eigenvalue weighted by Crippen LogP contribution is -2.42. The SMILES string of the molecule is Cc1ccc(CN2CCC(C(=O)O)CC2C)c(Br)c1. The van der Waals surface area contributed by atoms with Gasteiger partial charge in [0.1, 0.15) is 0 Å². The smallest absolute Gasteiger partial charge is 0.306 e. The van der Waals surface area contributed by atoms with Gasteiger partial charge in [0.2, 0.25) is 0 Å². The van der Waals surface area contributed by atoms with Crippen LogP contribution in [0, 0.1) is 12.8 Å². The van der Waals surface area contributed by atoms with Crippen LogP contribution in [-0.4, -0.2) is 28.6 Å². The minimum atomic E-state index is -0.650. The van der Waals surface area contributed by atoms with E-state index in [2.05, 4.69) is 52.9 Å². The molecule has 0 aliphatic carbocycles. The minimum absolute atomic E-state index is 0.173. The monoisotopic (exact) mass is 325 g/mol. The quantitative estimate of drug-likeness (QED) is 0.925. The number of carbonyl (C=O) groups is 1. The number of benzene rings is 1. The molecule has 0 spiro atoms. The van der Waals surface area contributed by atoms with E-state index in [1.807, 2.05) is 0 Å². The molecule has 2 unspecified atom stereocenters. The maximum Gasteiger partial charge on any atom is 0.306 e. The predicted molar refractivity (Wildman–Crippen MR) is 79.1 cm³/mol. The van der Waals surface area contributed by atoms with Gasteiger partial charge in [-0.15, -0.1) is 0 Å². The van der Waals surface area contributed by atoms with Crippen LogP contribution in [-0.2, 0) is 11.3 Å². The molecule has 2 atom stereocenters. The highest BCUT2D eigenvalue weighted by Gasteiger charge is 2.29. The number of rotatable bonds is 3. The van der Waals surface area contributed by atoms with Crippen molar-refractivity contribution in [3.63, 3.8) is 0 Å². The van der Waals surface area contributed by atoms with Gasteiger partial charge in [-0.1, -0.05) is 28.1 Å². The van der Waals surface area contributed by atoms with Gasteiger partial charge in [-0.3, -0.25) is 9.69 Å². The van der Waals surface area contributed by atoms with Gasteiger partial charge in [-0.2, -0.15) is 0 Å². The van der Waals surface area contributed by atoms with Crippen LogP contribution in [0.25, 0.3) is 0 Å². The molecular weight excluding hydrogens is 306 g/mol. The zero-order chi connectivity index (χ0) is 14.0. The number of aliphatic carboxylic acids is 1. The third-order valence-corrected chi connectivity index (χ3v) is 4.68. The Morgan fingerprint density at radius 3 is 2.84 bits per heavy atom. The average molecular weight is 326 g/mol. The van der Waals surface area contributed by atoms with E-state index in [0.717, 1.165) is 30.4 Å². The van der Waals surface area contributed by atoms with Crippen molar-refractivity contribution in [3.8, 4) is 0 Å². The van der Waals surface area contributed by atoms with Crippen LogP contribution in [0.4, 0.5) is 0 Å². The molecule has 0 aromatic heterocycles. The van der Waals surface area contributed by atoms with Crippen LogP contribution in [0.1, 0.15) is 30.9 Å². The lowest BCUT2D eigenvalue weighted by atomic mass is 9.91. The average Bonchev–Trinajstić information content (AvgIpc) is 2.34. The van der Waals surface area contributed by atoms with Gasteiger partial charge in [0, 0.05) is 17.1 Å². The van der Waals surface area contributed by atoms with Crippen LogP contribution in [0.5, 0.6) is 0 Å². The second-order valence-electron chi connectivity index (χ2n) is 5.47. The van der Waals surface area contributed by atoms with E-state index in [4.69, 9.17) is 5.11 Å². The summed E-state index contributed by atoms with van der Waals surface area (Å²) < 4.78 is 1.14. The molecule has 0 amide bonds. The summed E-state index contributed by atoms with van der Waals surface area (Å²) in [5, 5.41) is 9.08. The highest BCUT2D eigenvalue weighted by molar-refractivity contribution is 9.10. The van der Waals surface area contributed by atoms with E-state index in [9.17, 15) is 4.79 Å². The number of piperidine rings is 1. The molecule has 1 saturated heterocycles. The zero-order valence-electron chi connectivity index (χ0n) is 11.4. The molecular formula is C15H20BrNO2. The Morgan fingerprint density at radius 1 is 1.53 bits per heavy atom.